The van der Waals surface area contributed by atoms with Crippen molar-refractivity contribution >= 4 is 0 Å². The Kier molecular flexibility index (Phi) is 5.45. The fourth-order valence-electron chi connectivity index (χ4n) is 2.44. The van der Waals surface area contributed by atoms with Crippen LogP contribution in [0.3, 0.4) is 0 Å². The van der Waals surface area contributed by atoms with Gasteiger partial charge in [-0.2, -0.15) is 0 Å². The lowest BCUT2D eigenvalue weighted by Crippen LogP contribution is -2.23. The standard InChI is InChI=1S/C18H21F2N/c1-3-21-12-15(14-9-7-13(2)8-10-14)11-16-17(19)5-4-6-18(16)20/h4-10,15,21H,3,11-12H2,1-2H3. The van der Waals surface area contributed by atoms with Gasteiger partial charge in [-0.15, -0.1) is 0 Å². The van der Waals surface area contributed by atoms with E-state index in [-0.39, 0.29) is 11.5 Å². The summed E-state index contributed by atoms with van der Waals surface area (Å²) in [6.45, 7) is 5.59. The molecule has 21 heavy (non-hydrogen) atoms. The van der Waals surface area contributed by atoms with Crippen LogP contribution in [-0.4, -0.2) is 13.1 Å². The predicted molar refractivity (Wildman–Crippen MR) is 82.5 cm³/mol. The third-order valence-corrected chi connectivity index (χ3v) is 3.70. The second kappa shape index (κ2) is 7.32. The van der Waals surface area contributed by atoms with E-state index in [0.717, 1.165) is 12.1 Å². The van der Waals surface area contributed by atoms with Gasteiger partial charge in [0.25, 0.3) is 0 Å². The summed E-state index contributed by atoms with van der Waals surface area (Å²) < 4.78 is 27.7. The number of halogens is 2. The highest BCUT2D eigenvalue weighted by molar-refractivity contribution is 5.28. The minimum Gasteiger partial charge on any atom is -0.316 e. The molecular formula is C18H21F2N. The van der Waals surface area contributed by atoms with Crippen LogP contribution in [0.5, 0.6) is 0 Å². The van der Waals surface area contributed by atoms with E-state index < -0.39 is 11.6 Å². The molecule has 2 aromatic carbocycles. The molecule has 0 aliphatic heterocycles. The van der Waals surface area contributed by atoms with Crippen molar-refractivity contribution in [3.8, 4) is 0 Å². The van der Waals surface area contributed by atoms with Crippen LogP contribution in [0.25, 0.3) is 0 Å². The second-order valence-corrected chi connectivity index (χ2v) is 5.32. The lowest BCUT2D eigenvalue weighted by atomic mass is 9.91. The molecule has 0 bridgehead atoms. The highest BCUT2D eigenvalue weighted by Crippen LogP contribution is 2.24. The van der Waals surface area contributed by atoms with E-state index >= 15 is 0 Å². The van der Waals surface area contributed by atoms with Gasteiger partial charge in [0.05, 0.1) is 0 Å². The molecule has 1 nitrogen and oxygen atoms in total. The maximum Gasteiger partial charge on any atom is 0.129 e. The van der Waals surface area contributed by atoms with Crippen molar-refractivity contribution in [1.29, 1.82) is 0 Å². The fraction of sp³-hybridized carbons (Fsp3) is 0.333. The lowest BCUT2D eigenvalue weighted by Gasteiger charge is -2.19. The molecule has 0 spiro atoms. The van der Waals surface area contributed by atoms with Crippen molar-refractivity contribution in [2.45, 2.75) is 26.2 Å². The van der Waals surface area contributed by atoms with E-state index in [1.54, 1.807) is 0 Å². The van der Waals surface area contributed by atoms with Gasteiger partial charge < -0.3 is 5.32 Å². The Labute approximate surface area is 125 Å². The Hall–Kier alpha value is -1.74. The minimum absolute atomic E-state index is 0.0527. The van der Waals surface area contributed by atoms with Crippen LogP contribution >= 0.6 is 0 Å². The first-order valence-electron chi connectivity index (χ1n) is 7.32. The molecule has 1 atom stereocenters. The van der Waals surface area contributed by atoms with Gasteiger partial charge in [0.15, 0.2) is 0 Å². The number of hydrogen-bond acceptors (Lipinski definition) is 1. The van der Waals surface area contributed by atoms with Crippen LogP contribution in [0, 0.1) is 18.6 Å². The molecule has 112 valence electrons. The number of aryl methyl sites for hydroxylation is 1. The van der Waals surface area contributed by atoms with Gasteiger partial charge in [0, 0.05) is 18.0 Å². The summed E-state index contributed by atoms with van der Waals surface area (Å²) in [5, 5.41) is 3.28. The topological polar surface area (TPSA) is 12.0 Å². The molecular weight excluding hydrogens is 268 g/mol. The maximum absolute atomic E-state index is 13.9. The van der Waals surface area contributed by atoms with Crippen LogP contribution in [0.4, 0.5) is 8.78 Å². The number of rotatable bonds is 6. The van der Waals surface area contributed by atoms with Gasteiger partial charge >= 0.3 is 0 Å². The molecule has 1 N–H and O–H groups in total. The van der Waals surface area contributed by atoms with Crippen LogP contribution in [-0.2, 0) is 6.42 Å². The zero-order chi connectivity index (χ0) is 15.2. The van der Waals surface area contributed by atoms with Crippen molar-refractivity contribution in [3.63, 3.8) is 0 Å². The quantitative estimate of drug-likeness (QED) is 0.840. The molecule has 0 aromatic heterocycles. The highest BCUT2D eigenvalue weighted by atomic mass is 19.1. The summed E-state index contributed by atoms with van der Waals surface area (Å²) in [5.41, 5.74) is 2.45. The van der Waals surface area contributed by atoms with Crippen molar-refractivity contribution < 1.29 is 8.78 Å². The third-order valence-electron chi connectivity index (χ3n) is 3.70. The van der Waals surface area contributed by atoms with E-state index in [1.165, 1.54) is 23.8 Å². The smallest absolute Gasteiger partial charge is 0.129 e. The molecule has 3 heteroatoms. The fourth-order valence-corrected chi connectivity index (χ4v) is 2.44. The molecule has 0 saturated heterocycles. The van der Waals surface area contributed by atoms with Crippen molar-refractivity contribution in [2.75, 3.05) is 13.1 Å². The summed E-state index contributed by atoms with van der Waals surface area (Å²) in [4.78, 5) is 0. The number of benzene rings is 2. The monoisotopic (exact) mass is 289 g/mol. The highest BCUT2D eigenvalue weighted by Gasteiger charge is 2.17. The van der Waals surface area contributed by atoms with E-state index in [4.69, 9.17) is 0 Å². The van der Waals surface area contributed by atoms with Crippen LogP contribution in [0.2, 0.25) is 0 Å². The zero-order valence-corrected chi connectivity index (χ0v) is 12.5. The van der Waals surface area contributed by atoms with Crippen LogP contribution < -0.4 is 5.32 Å². The SMILES string of the molecule is CCNCC(Cc1c(F)cccc1F)c1ccc(C)cc1. The van der Waals surface area contributed by atoms with Gasteiger partial charge in [-0.05, 0) is 37.6 Å². The van der Waals surface area contributed by atoms with Crippen LogP contribution in [0.15, 0.2) is 42.5 Å². The summed E-state index contributed by atoms with van der Waals surface area (Å²) >= 11 is 0. The first kappa shape index (κ1) is 15.6. The molecule has 2 aromatic rings. The number of hydrogen-bond donors (Lipinski definition) is 1. The van der Waals surface area contributed by atoms with Gasteiger partial charge in [0.2, 0.25) is 0 Å². The molecule has 0 saturated carbocycles. The van der Waals surface area contributed by atoms with E-state index in [2.05, 4.69) is 5.32 Å². The summed E-state index contributed by atoms with van der Waals surface area (Å²) in [7, 11) is 0. The molecule has 2 rings (SSSR count). The average molecular weight is 289 g/mol. The van der Waals surface area contributed by atoms with Gasteiger partial charge in [-0.3, -0.25) is 0 Å². The molecule has 0 amide bonds. The van der Waals surface area contributed by atoms with Gasteiger partial charge in [0.1, 0.15) is 11.6 Å². The first-order chi connectivity index (χ1) is 10.1. The van der Waals surface area contributed by atoms with E-state index in [9.17, 15) is 8.78 Å². The van der Waals surface area contributed by atoms with Crippen LogP contribution in [0.1, 0.15) is 29.5 Å². The van der Waals surface area contributed by atoms with E-state index in [1.807, 2.05) is 38.1 Å². The Morgan fingerprint density at radius 3 is 2.19 bits per heavy atom. The van der Waals surface area contributed by atoms with Crippen molar-refractivity contribution in [2.24, 2.45) is 0 Å². The Morgan fingerprint density at radius 1 is 1.00 bits per heavy atom. The molecule has 1 unspecified atom stereocenters. The molecule has 0 heterocycles. The largest absolute Gasteiger partial charge is 0.316 e. The van der Waals surface area contributed by atoms with Crippen molar-refractivity contribution in [3.05, 3.63) is 70.8 Å². The number of likely N-dealkylation sites (N-methyl/N-ethyl adjacent to an activating group) is 1. The van der Waals surface area contributed by atoms with Gasteiger partial charge in [-0.1, -0.05) is 42.8 Å². The maximum atomic E-state index is 13.9. The summed E-state index contributed by atoms with van der Waals surface area (Å²) in [6.07, 6.45) is 0.356. The Balaban J connectivity index is 2.26. The summed E-state index contributed by atoms with van der Waals surface area (Å²) in [6, 6.07) is 12.2. The number of nitrogens with one attached hydrogen (secondary N) is 1. The van der Waals surface area contributed by atoms with E-state index in [0.29, 0.717) is 13.0 Å². The molecule has 0 aliphatic rings. The molecule has 0 radical (unpaired) electrons. The van der Waals surface area contributed by atoms with Gasteiger partial charge in [-0.25, -0.2) is 8.78 Å². The normalized spacial score (nSPS) is 12.4. The Bertz CT molecular complexity index is 558. The molecule has 0 aliphatic carbocycles. The summed E-state index contributed by atoms with van der Waals surface area (Å²) in [5.74, 6) is -0.885. The Morgan fingerprint density at radius 2 is 1.62 bits per heavy atom. The molecule has 0 fully saturated rings. The first-order valence-corrected chi connectivity index (χ1v) is 7.32. The third kappa shape index (κ3) is 4.11. The zero-order valence-electron chi connectivity index (χ0n) is 12.5. The lowest BCUT2D eigenvalue weighted by molar-refractivity contribution is 0.523. The van der Waals surface area contributed by atoms with Crippen molar-refractivity contribution in [1.82, 2.24) is 5.32 Å². The second-order valence-electron chi connectivity index (χ2n) is 5.32. The minimum atomic E-state index is -0.469. The predicted octanol–water partition coefficient (Wildman–Crippen LogP) is 4.21. The average Bonchev–Trinajstić information content (AvgIpc) is 2.47.